The zero-order chi connectivity index (χ0) is 28.5. The first-order chi connectivity index (χ1) is 18.8. The average Bonchev–Trinajstić information content (AvgIpc) is 3.51. The minimum atomic E-state index is -0.214. The van der Waals surface area contributed by atoms with Crippen molar-refractivity contribution in [3.63, 3.8) is 0 Å². The molecule has 0 saturated carbocycles. The van der Waals surface area contributed by atoms with Crippen molar-refractivity contribution in [3.05, 3.63) is 59.6 Å². The van der Waals surface area contributed by atoms with E-state index in [2.05, 4.69) is 39.1 Å². The van der Waals surface area contributed by atoms with Crippen LogP contribution in [-0.2, 0) is 38.4 Å². The number of H-pyrrole nitrogens is 1. The van der Waals surface area contributed by atoms with Crippen molar-refractivity contribution in [2.24, 2.45) is 0 Å². The number of carbonyl (C=O) groups is 2. The van der Waals surface area contributed by atoms with E-state index >= 15 is 0 Å². The highest BCUT2D eigenvalue weighted by molar-refractivity contribution is 5.85. The van der Waals surface area contributed by atoms with Gasteiger partial charge in [0.1, 0.15) is 0 Å². The van der Waals surface area contributed by atoms with Crippen LogP contribution < -0.4 is 9.47 Å². The average molecular weight is 535 g/mol. The molecule has 208 valence electrons. The lowest BCUT2D eigenvalue weighted by Gasteiger charge is -2.23. The van der Waals surface area contributed by atoms with Crippen LogP contribution in [0.2, 0.25) is 0 Å². The zero-order valence-corrected chi connectivity index (χ0v) is 23.7. The standard InChI is InChI=1S/C27H30N2O4.C4H8O2/c1-6-8-18-21(16-28-22(18)7-2)20-14-24-19-15-26(32-4)25(31-3)13-17(19)11-12-29(24)23(20)9-10-27(30)33-5;1-3-6-4(2)5/h6-8,13-16,28H,2,9-12H2,1,3-5H3;3H2,1-2H3/b8-6-;. The fourth-order valence-electron chi connectivity index (χ4n) is 4.88. The number of allylic oxidation sites excluding steroid dienone is 1. The van der Waals surface area contributed by atoms with Gasteiger partial charge < -0.3 is 28.5 Å². The van der Waals surface area contributed by atoms with Crippen molar-refractivity contribution >= 4 is 24.1 Å². The lowest BCUT2D eigenvalue weighted by Crippen LogP contribution is -2.15. The number of methoxy groups -OCH3 is 3. The lowest BCUT2D eigenvalue weighted by molar-refractivity contribution is -0.141. The first-order valence-corrected chi connectivity index (χ1v) is 13.0. The van der Waals surface area contributed by atoms with E-state index in [0.29, 0.717) is 25.2 Å². The highest BCUT2D eigenvalue weighted by Crippen LogP contribution is 2.43. The van der Waals surface area contributed by atoms with Crippen molar-refractivity contribution in [1.29, 1.82) is 0 Å². The summed E-state index contributed by atoms with van der Waals surface area (Å²) in [5.74, 6) is 1.01. The number of nitrogens with one attached hydrogen (secondary N) is 1. The molecule has 3 heterocycles. The molecule has 0 bridgehead atoms. The number of rotatable bonds is 9. The molecule has 4 rings (SSSR count). The normalized spacial score (nSPS) is 11.6. The molecule has 39 heavy (non-hydrogen) atoms. The Morgan fingerprint density at radius 1 is 1.08 bits per heavy atom. The Morgan fingerprint density at radius 2 is 1.79 bits per heavy atom. The van der Waals surface area contributed by atoms with Gasteiger partial charge in [-0.15, -0.1) is 0 Å². The molecule has 1 aromatic carbocycles. The van der Waals surface area contributed by atoms with E-state index in [1.165, 1.54) is 19.6 Å². The summed E-state index contributed by atoms with van der Waals surface area (Å²) >= 11 is 0. The molecule has 1 aliphatic heterocycles. The van der Waals surface area contributed by atoms with E-state index < -0.39 is 0 Å². The summed E-state index contributed by atoms with van der Waals surface area (Å²) in [4.78, 5) is 25.2. The Bertz CT molecular complexity index is 1360. The van der Waals surface area contributed by atoms with E-state index in [1.54, 1.807) is 21.1 Å². The highest BCUT2D eigenvalue weighted by atomic mass is 16.5. The number of aryl methyl sites for hydroxylation is 1. The maximum absolute atomic E-state index is 12.0. The smallest absolute Gasteiger partial charge is 0.305 e. The van der Waals surface area contributed by atoms with Gasteiger partial charge in [0, 0.05) is 59.0 Å². The largest absolute Gasteiger partial charge is 0.493 e. The molecule has 8 heteroatoms. The van der Waals surface area contributed by atoms with Gasteiger partial charge in [0.25, 0.3) is 0 Å². The van der Waals surface area contributed by atoms with Crippen molar-refractivity contribution in [1.82, 2.24) is 9.55 Å². The number of fused-ring (bicyclic) bond motifs is 3. The molecule has 0 fully saturated rings. The van der Waals surface area contributed by atoms with Crippen LogP contribution in [0.1, 0.15) is 49.7 Å². The monoisotopic (exact) mass is 534 g/mol. The molecule has 1 aliphatic rings. The molecule has 3 aromatic rings. The first-order valence-electron chi connectivity index (χ1n) is 13.0. The molecule has 0 amide bonds. The number of hydrogen-bond donors (Lipinski definition) is 1. The van der Waals surface area contributed by atoms with Crippen LogP contribution in [0.4, 0.5) is 0 Å². The second-order valence-electron chi connectivity index (χ2n) is 8.89. The SMILES string of the molecule is C=Cc1[nH]cc(-c2cc3n(c2CCC(=O)OC)CCc2cc(OC)c(OC)cc2-3)c1/C=C\C.CCOC(C)=O. The number of esters is 2. The third-order valence-electron chi connectivity index (χ3n) is 6.62. The van der Waals surface area contributed by atoms with Gasteiger partial charge >= 0.3 is 11.9 Å². The van der Waals surface area contributed by atoms with Gasteiger partial charge in [-0.1, -0.05) is 18.7 Å². The number of aromatic nitrogens is 2. The number of hydrogen-bond acceptors (Lipinski definition) is 6. The Hall–Kier alpha value is -4.20. The van der Waals surface area contributed by atoms with Gasteiger partial charge in [-0.25, -0.2) is 0 Å². The molecule has 1 N–H and O–H groups in total. The topological polar surface area (TPSA) is 91.8 Å². The second kappa shape index (κ2) is 13.6. The zero-order valence-electron chi connectivity index (χ0n) is 23.7. The number of ether oxygens (including phenoxy) is 4. The Morgan fingerprint density at radius 3 is 2.36 bits per heavy atom. The Balaban J connectivity index is 0.000000631. The maximum atomic E-state index is 12.0. The van der Waals surface area contributed by atoms with Crippen molar-refractivity contribution in [2.45, 2.75) is 46.6 Å². The van der Waals surface area contributed by atoms with Crippen LogP contribution in [0.5, 0.6) is 11.5 Å². The molecular formula is C31H38N2O6. The third-order valence-corrected chi connectivity index (χ3v) is 6.62. The molecule has 0 unspecified atom stereocenters. The summed E-state index contributed by atoms with van der Waals surface area (Å²) in [5, 5.41) is 0. The molecule has 0 aliphatic carbocycles. The molecular weight excluding hydrogens is 496 g/mol. The number of carbonyl (C=O) groups excluding carboxylic acids is 2. The van der Waals surface area contributed by atoms with E-state index in [-0.39, 0.29) is 11.9 Å². The molecule has 0 saturated heterocycles. The fourth-order valence-corrected chi connectivity index (χ4v) is 4.88. The molecule has 0 atom stereocenters. The van der Waals surface area contributed by atoms with E-state index in [4.69, 9.17) is 14.2 Å². The second-order valence-corrected chi connectivity index (χ2v) is 8.89. The van der Waals surface area contributed by atoms with E-state index in [0.717, 1.165) is 58.1 Å². The molecule has 8 nitrogen and oxygen atoms in total. The lowest BCUT2D eigenvalue weighted by atomic mass is 9.97. The van der Waals surface area contributed by atoms with Gasteiger partial charge in [-0.3, -0.25) is 9.59 Å². The van der Waals surface area contributed by atoms with Crippen LogP contribution in [0.25, 0.3) is 34.5 Å². The number of aromatic amines is 1. The first kappa shape index (κ1) is 29.4. The quantitative estimate of drug-likeness (QED) is 0.335. The van der Waals surface area contributed by atoms with Crippen LogP contribution >= 0.6 is 0 Å². The highest BCUT2D eigenvalue weighted by Gasteiger charge is 2.26. The summed E-state index contributed by atoms with van der Waals surface area (Å²) in [6, 6.07) is 6.33. The van der Waals surface area contributed by atoms with Gasteiger partial charge in [0.05, 0.1) is 34.4 Å². The van der Waals surface area contributed by atoms with Crippen LogP contribution in [0.3, 0.4) is 0 Å². The summed E-state index contributed by atoms with van der Waals surface area (Å²) < 4.78 is 22.8. The van der Waals surface area contributed by atoms with Gasteiger partial charge in [-0.05, 0) is 56.5 Å². The van der Waals surface area contributed by atoms with Gasteiger partial charge in [0.2, 0.25) is 0 Å². The minimum Gasteiger partial charge on any atom is -0.493 e. The molecule has 0 radical (unpaired) electrons. The van der Waals surface area contributed by atoms with Gasteiger partial charge in [-0.2, -0.15) is 0 Å². The van der Waals surface area contributed by atoms with E-state index in [1.807, 2.05) is 31.3 Å². The van der Waals surface area contributed by atoms with Crippen molar-refractivity contribution < 1.29 is 28.5 Å². The van der Waals surface area contributed by atoms with Crippen LogP contribution in [0, 0.1) is 0 Å². The Kier molecular flexibility index (Phi) is 10.2. The Labute approximate surface area is 230 Å². The van der Waals surface area contributed by atoms with E-state index in [9.17, 15) is 9.59 Å². The maximum Gasteiger partial charge on any atom is 0.305 e. The molecule has 0 spiro atoms. The summed E-state index contributed by atoms with van der Waals surface area (Å²) in [6.07, 6.45) is 9.74. The van der Waals surface area contributed by atoms with Gasteiger partial charge in [0.15, 0.2) is 11.5 Å². The predicted molar refractivity (Wildman–Crippen MR) is 154 cm³/mol. The summed E-state index contributed by atoms with van der Waals surface area (Å²) in [5.41, 5.74) is 8.83. The predicted octanol–water partition coefficient (Wildman–Crippen LogP) is 6.07. The molecule has 2 aromatic heterocycles. The number of nitrogens with zero attached hydrogens (tertiary/aromatic N) is 1. The van der Waals surface area contributed by atoms with Crippen molar-refractivity contribution in [2.75, 3.05) is 27.9 Å². The van der Waals surface area contributed by atoms with Crippen molar-refractivity contribution in [3.8, 4) is 33.9 Å². The number of benzene rings is 1. The fraction of sp³-hybridized carbons (Fsp3) is 0.355. The third kappa shape index (κ3) is 6.45. The summed E-state index contributed by atoms with van der Waals surface area (Å²) in [7, 11) is 4.74. The summed E-state index contributed by atoms with van der Waals surface area (Å²) in [6.45, 7) is 10.4. The van der Waals surface area contributed by atoms with Crippen LogP contribution in [0.15, 0.2) is 37.1 Å². The van der Waals surface area contributed by atoms with Crippen LogP contribution in [-0.4, -0.2) is 49.4 Å². The minimum absolute atomic E-state index is 0.211.